The Morgan fingerprint density at radius 2 is 1.66 bits per heavy atom. The van der Waals surface area contributed by atoms with E-state index in [2.05, 4.69) is 44.1 Å². The van der Waals surface area contributed by atoms with Gasteiger partial charge in [0.1, 0.15) is 0 Å². The average molecular weight is 500 g/mol. The van der Waals surface area contributed by atoms with Crippen LogP contribution >= 0.6 is 22.6 Å². The van der Waals surface area contributed by atoms with Gasteiger partial charge in [-0.15, -0.1) is 0 Å². The van der Waals surface area contributed by atoms with E-state index in [9.17, 15) is 9.59 Å². The summed E-state index contributed by atoms with van der Waals surface area (Å²) in [4.78, 5) is 25.2. The molecule has 1 amide bonds. The standard InChI is InChI=1S/C21H17IN4O3/c22-15-11-12-18-17(13-15)20(28)29-21(24-18,23-16-9-5-2-6-10-16)26-25-19(27)14-7-3-1-4-8-14/h1-13,23-24,26H,(H,25,27). The van der Waals surface area contributed by atoms with Gasteiger partial charge in [0.05, 0.1) is 11.3 Å². The summed E-state index contributed by atoms with van der Waals surface area (Å²) in [5.74, 6) is -2.48. The lowest BCUT2D eigenvalue weighted by molar-refractivity contribution is -0.0174. The summed E-state index contributed by atoms with van der Waals surface area (Å²) in [6, 6.07) is 23.3. The third-order valence-corrected chi connectivity index (χ3v) is 4.91. The van der Waals surface area contributed by atoms with Crippen LogP contribution in [0, 0.1) is 3.57 Å². The molecule has 1 aliphatic rings. The first-order chi connectivity index (χ1) is 14.0. The SMILES string of the molecule is O=C(NNC1(Nc2ccccc2)Nc2ccc(I)cc2C(=O)O1)c1ccccc1. The van der Waals surface area contributed by atoms with Gasteiger partial charge in [-0.2, -0.15) is 5.43 Å². The molecule has 1 heterocycles. The summed E-state index contributed by atoms with van der Waals surface area (Å²) < 4.78 is 6.57. The van der Waals surface area contributed by atoms with Crippen molar-refractivity contribution >= 4 is 45.8 Å². The van der Waals surface area contributed by atoms with Crippen molar-refractivity contribution < 1.29 is 14.3 Å². The second-order valence-electron chi connectivity index (χ2n) is 6.32. The molecule has 1 atom stereocenters. The molecule has 0 fully saturated rings. The molecular formula is C21H17IN4O3. The summed E-state index contributed by atoms with van der Waals surface area (Å²) in [7, 11) is 0. The number of rotatable bonds is 5. The van der Waals surface area contributed by atoms with Crippen LogP contribution in [0.2, 0.25) is 0 Å². The first-order valence-electron chi connectivity index (χ1n) is 8.81. The molecule has 0 aromatic heterocycles. The number of anilines is 2. The number of fused-ring (bicyclic) bond motifs is 1. The fraction of sp³-hybridized carbons (Fsp3) is 0.0476. The van der Waals surface area contributed by atoms with Gasteiger partial charge in [0.25, 0.3) is 5.91 Å². The Morgan fingerprint density at radius 3 is 2.38 bits per heavy atom. The molecule has 1 aliphatic heterocycles. The molecule has 3 aromatic rings. The van der Waals surface area contributed by atoms with Gasteiger partial charge in [-0.3, -0.25) is 10.2 Å². The predicted molar refractivity (Wildman–Crippen MR) is 118 cm³/mol. The maximum absolute atomic E-state index is 12.7. The largest absolute Gasteiger partial charge is 0.401 e. The molecule has 0 radical (unpaired) electrons. The summed E-state index contributed by atoms with van der Waals surface area (Å²) in [5.41, 5.74) is 7.54. The van der Waals surface area contributed by atoms with Gasteiger partial charge in [0.2, 0.25) is 0 Å². The summed E-state index contributed by atoms with van der Waals surface area (Å²) in [6.45, 7) is 0. The van der Waals surface area contributed by atoms with Gasteiger partial charge in [0, 0.05) is 14.8 Å². The third kappa shape index (κ3) is 4.33. The van der Waals surface area contributed by atoms with E-state index in [1.807, 2.05) is 42.5 Å². The third-order valence-electron chi connectivity index (χ3n) is 4.24. The van der Waals surface area contributed by atoms with Crippen LogP contribution in [0.4, 0.5) is 11.4 Å². The lowest BCUT2D eigenvalue weighted by Crippen LogP contribution is -2.67. The Kier molecular flexibility index (Phi) is 5.36. The van der Waals surface area contributed by atoms with E-state index in [-0.39, 0.29) is 5.91 Å². The maximum atomic E-state index is 12.7. The second-order valence-corrected chi connectivity index (χ2v) is 7.57. The van der Waals surface area contributed by atoms with Gasteiger partial charge in [-0.25, -0.2) is 4.79 Å². The van der Waals surface area contributed by atoms with E-state index < -0.39 is 11.9 Å². The fourth-order valence-electron chi connectivity index (χ4n) is 2.88. The van der Waals surface area contributed by atoms with E-state index >= 15 is 0 Å². The van der Waals surface area contributed by atoms with Crippen LogP contribution < -0.4 is 21.5 Å². The molecule has 0 bridgehead atoms. The van der Waals surface area contributed by atoms with Crippen LogP contribution in [-0.4, -0.2) is 17.8 Å². The lowest BCUT2D eigenvalue weighted by atomic mass is 10.1. The van der Waals surface area contributed by atoms with E-state index in [1.54, 1.807) is 36.4 Å². The molecule has 0 aliphatic carbocycles. The van der Waals surface area contributed by atoms with Crippen molar-refractivity contribution in [3.8, 4) is 0 Å². The maximum Gasteiger partial charge on any atom is 0.344 e. The molecule has 0 spiro atoms. The van der Waals surface area contributed by atoms with E-state index in [0.29, 0.717) is 22.5 Å². The second kappa shape index (κ2) is 8.10. The molecular weight excluding hydrogens is 483 g/mol. The van der Waals surface area contributed by atoms with Crippen LogP contribution in [0.3, 0.4) is 0 Å². The highest BCUT2D eigenvalue weighted by Gasteiger charge is 2.41. The minimum atomic E-state index is -1.58. The Balaban J connectivity index is 1.62. The normalized spacial score (nSPS) is 17.5. The molecule has 0 saturated carbocycles. The Morgan fingerprint density at radius 1 is 0.966 bits per heavy atom. The Labute approximate surface area is 181 Å². The van der Waals surface area contributed by atoms with E-state index in [0.717, 1.165) is 3.57 Å². The summed E-state index contributed by atoms with van der Waals surface area (Å²) >= 11 is 2.13. The summed E-state index contributed by atoms with van der Waals surface area (Å²) in [5, 5.41) is 6.25. The number of amides is 1. The van der Waals surface area contributed by atoms with Crippen molar-refractivity contribution in [2.24, 2.45) is 0 Å². The highest BCUT2D eigenvalue weighted by atomic mass is 127. The molecule has 3 aromatic carbocycles. The van der Waals surface area contributed by atoms with E-state index in [4.69, 9.17) is 4.74 Å². The number of cyclic esters (lactones) is 1. The Hall–Kier alpha value is -3.11. The average Bonchev–Trinajstić information content (AvgIpc) is 2.74. The molecule has 4 rings (SSSR count). The number of nitrogens with one attached hydrogen (secondary N) is 4. The quantitative estimate of drug-likeness (QED) is 0.186. The monoisotopic (exact) mass is 500 g/mol. The van der Waals surface area contributed by atoms with Gasteiger partial charge in [-0.1, -0.05) is 36.4 Å². The highest BCUT2D eigenvalue weighted by Crippen LogP contribution is 2.29. The molecule has 1 unspecified atom stereocenters. The first kappa shape index (κ1) is 19.2. The fourth-order valence-corrected chi connectivity index (χ4v) is 3.37. The van der Waals surface area contributed by atoms with Crippen LogP contribution in [0.1, 0.15) is 20.7 Å². The highest BCUT2D eigenvalue weighted by molar-refractivity contribution is 14.1. The van der Waals surface area contributed by atoms with Gasteiger partial charge in [-0.05, 0) is 65.1 Å². The first-order valence-corrected chi connectivity index (χ1v) is 9.89. The number of para-hydroxylation sites is 1. The zero-order valence-electron chi connectivity index (χ0n) is 15.1. The van der Waals surface area contributed by atoms with Crippen molar-refractivity contribution in [2.75, 3.05) is 10.6 Å². The minimum Gasteiger partial charge on any atom is -0.401 e. The zero-order valence-corrected chi connectivity index (χ0v) is 17.3. The van der Waals surface area contributed by atoms with Crippen molar-refractivity contribution in [1.29, 1.82) is 0 Å². The number of carbonyl (C=O) groups excluding carboxylic acids is 2. The molecule has 29 heavy (non-hydrogen) atoms. The Bertz CT molecular complexity index is 1050. The van der Waals surface area contributed by atoms with Gasteiger partial charge in [0.15, 0.2) is 0 Å². The van der Waals surface area contributed by atoms with E-state index in [1.165, 1.54) is 0 Å². The van der Waals surface area contributed by atoms with Crippen molar-refractivity contribution in [3.05, 3.63) is 93.6 Å². The number of esters is 1. The molecule has 0 saturated heterocycles. The number of hydrogen-bond donors (Lipinski definition) is 4. The number of carbonyl (C=O) groups is 2. The van der Waals surface area contributed by atoms with Crippen LogP contribution in [0.5, 0.6) is 0 Å². The minimum absolute atomic E-state index is 0.369. The number of benzene rings is 3. The number of hydrogen-bond acceptors (Lipinski definition) is 6. The topological polar surface area (TPSA) is 91.5 Å². The zero-order chi connectivity index (χ0) is 20.3. The molecule has 7 nitrogen and oxygen atoms in total. The summed E-state index contributed by atoms with van der Waals surface area (Å²) in [6.07, 6.45) is 0. The van der Waals surface area contributed by atoms with Crippen LogP contribution in [0.15, 0.2) is 78.9 Å². The smallest absolute Gasteiger partial charge is 0.344 e. The molecule has 146 valence electrons. The lowest BCUT2D eigenvalue weighted by Gasteiger charge is -2.39. The number of ether oxygens (including phenoxy) is 1. The number of hydrazine groups is 1. The molecule has 4 N–H and O–H groups in total. The van der Waals surface area contributed by atoms with Crippen LogP contribution in [-0.2, 0) is 4.74 Å². The van der Waals surface area contributed by atoms with Gasteiger partial charge >= 0.3 is 11.9 Å². The molecule has 8 heteroatoms. The van der Waals surface area contributed by atoms with Crippen LogP contribution in [0.25, 0.3) is 0 Å². The number of halogens is 1. The van der Waals surface area contributed by atoms with Gasteiger partial charge < -0.3 is 15.4 Å². The van der Waals surface area contributed by atoms with Crippen molar-refractivity contribution in [3.63, 3.8) is 0 Å². The predicted octanol–water partition coefficient (Wildman–Crippen LogP) is 3.53. The van der Waals surface area contributed by atoms with Crippen molar-refractivity contribution in [1.82, 2.24) is 10.9 Å². The van der Waals surface area contributed by atoms with Crippen molar-refractivity contribution in [2.45, 2.75) is 5.97 Å².